The van der Waals surface area contributed by atoms with E-state index in [0.717, 1.165) is 43.4 Å². The molecule has 5 atom stereocenters. The van der Waals surface area contributed by atoms with Crippen LogP contribution in [0.5, 0.6) is 0 Å². The van der Waals surface area contributed by atoms with Crippen LogP contribution in [0.2, 0.25) is 0 Å². The summed E-state index contributed by atoms with van der Waals surface area (Å²) in [7, 11) is 0. The van der Waals surface area contributed by atoms with Gasteiger partial charge in [0, 0.05) is 23.5 Å². The van der Waals surface area contributed by atoms with Crippen molar-refractivity contribution in [1.82, 2.24) is 0 Å². The van der Waals surface area contributed by atoms with Crippen molar-refractivity contribution in [2.45, 2.75) is 31.8 Å². The number of hydrogen-bond acceptors (Lipinski definition) is 6. The zero-order chi connectivity index (χ0) is 18.3. The lowest BCUT2D eigenvalue weighted by Gasteiger charge is -2.33. The van der Waals surface area contributed by atoms with E-state index in [1.54, 1.807) is 0 Å². The third-order valence-electron chi connectivity index (χ3n) is 7.00. The van der Waals surface area contributed by atoms with Gasteiger partial charge in [-0.2, -0.15) is 0 Å². The standard InChI is InChI=1S/C18H16N2O6/c21-16(11-5-13(19(22)23)7-14(6-11)20(24)25)26-15-10-1-3-17(15)4-2-12-9-18(12,17)8-10/h1,3,5-7,10,12,15H,2,4,8-9H2/t10-,12+,15+,17+,18-/m0/s1. The molecule has 4 aliphatic rings. The van der Waals surface area contributed by atoms with Gasteiger partial charge in [-0.25, -0.2) is 4.79 Å². The Morgan fingerprint density at radius 3 is 2.42 bits per heavy atom. The first kappa shape index (κ1) is 15.5. The first-order valence-corrected chi connectivity index (χ1v) is 8.70. The maximum atomic E-state index is 12.7. The van der Waals surface area contributed by atoms with E-state index in [4.69, 9.17) is 4.74 Å². The van der Waals surface area contributed by atoms with Gasteiger partial charge in [0.05, 0.1) is 21.5 Å². The van der Waals surface area contributed by atoms with Crippen molar-refractivity contribution in [2.24, 2.45) is 22.7 Å². The summed E-state index contributed by atoms with van der Waals surface area (Å²) in [5.74, 6) is 0.173. The number of nitro benzene ring substituents is 2. The Hall–Kier alpha value is -2.77. The van der Waals surface area contributed by atoms with Gasteiger partial charge < -0.3 is 4.74 Å². The molecule has 0 radical (unpaired) electrons. The number of rotatable bonds is 4. The minimum Gasteiger partial charge on any atom is -0.457 e. The van der Waals surface area contributed by atoms with Crippen molar-refractivity contribution in [3.63, 3.8) is 0 Å². The summed E-state index contributed by atoms with van der Waals surface area (Å²) in [6.45, 7) is 0. The Morgan fingerprint density at radius 2 is 1.81 bits per heavy atom. The third-order valence-corrected chi connectivity index (χ3v) is 7.00. The van der Waals surface area contributed by atoms with Gasteiger partial charge in [-0.05, 0) is 37.0 Å². The topological polar surface area (TPSA) is 113 Å². The third kappa shape index (κ3) is 1.76. The lowest BCUT2D eigenvalue weighted by Crippen LogP contribution is -2.35. The molecule has 0 aliphatic heterocycles. The second kappa shape index (κ2) is 4.69. The quantitative estimate of drug-likeness (QED) is 0.354. The van der Waals surface area contributed by atoms with E-state index in [1.165, 1.54) is 6.42 Å². The monoisotopic (exact) mass is 356 g/mol. The van der Waals surface area contributed by atoms with Crippen molar-refractivity contribution in [3.05, 3.63) is 56.1 Å². The van der Waals surface area contributed by atoms with Gasteiger partial charge in [0.25, 0.3) is 11.4 Å². The van der Waals surface area contributed by atoms with Crippen LogP contribution in [0.1, 0.15) is 36.0 Å². The fourth-order valence-corrected chi connectivity index (χ4v) is 5.87. The average Bonchev–Trinajstić information content (AvgIpc) is 2.94. The van der Waals surface area contributed by atoms with E-state index >= 15 is 0 Å². The van der Waals surface area contributed by atoms with Gasteiger partial charge in [-0.15, -0.1) is 0 Å². The number of nitro groups is 2. The predicted molar refractivity (Wildman–Crippen MR) is 88.4 cm³/mol. The first-order chi connectivity index (χ1) is 12.4. The molecule has 2 bridgehead atoms. The maximum Gasteiger partial charge on any atom is 0.338 e. The van der Waals surface area contributed by atoms with Crippen LogP contribution in [-0.4, -0.2) is 21.9 Å². The van der Waals surface area contributed by atoms with Crippen LogP contribution < -0.4 is 0 Å². The Balaban J connectivity index is 1.45. The fourth-order valence-electron chi connectivity index (χ4n) is 5.87. The van der Waals surface area contributed by atoms with Crippen LogP contribution >= 0.6 is 0 Å². The highest BCUT2D eigenvalue weighted by atomic mass is 16.6. The van der Waals surface area contributed by atoms with Crippen LogP contribution in [0.4, 0.5) is 11.4 Å². The van der Waals surface area contributed by atoms with E-state index in [0.29, 0.717) is 0 Å². The largest absolute Gasteiger partial charge is 0.457 e. The molecule has 0 aromatic heterocycles. The van der Waals surface area contributed by atoms with E-state index in [9.17, 15) is 25.0 Å². The van der Waals surface area contributed by atoms with E-state index in [-0.39, 0.29) is 28.4 Å². The Morgan fingerprint density at radius 1 is 1.12 bits per heavy atom. The van der Waals surface area contributed by atoms with Crippen molar-refractivity contribution in [3.8, 4) is 0 Å². The molecule has 0 N–H and O–H groups in total. The summed E-state index contributed by atoms with van der Waals surface area (Å²) in [6.07, 6.45) is 8.43. The van der Waals surface area contributed by atoms with Gasteiger partial charge >= 0.3 is 5.97 Å². The molecule has 1 aromatic carbocycles. The lowest BCUT2D eigenvalue weighted by molar-refractivity contribution is -0.394. The molecule has 0 heterocycles. The number of ether oxygens (including phenoxy) is 1. The molecular weight excluding hydrogens is 340 g/mol. The molecule has 0 saturated heterocycles. The zero-order valence-corrected chi connectivity index (χ0v) is 13.8. The highest BCUT2D eigenvalue weighted by Crippen LogP contribution is 2.82. The molecule has 134 valence electrons. The van der Waals surface area contributed by atoms with Crippen molar-refractivity contribution >= 4 is 17.3 Å². The van der Waals surface area contributed by atoms with Crippen LogP contribution in [0.15, 0.2) is 30.4 Å². The first-order valence-electron chi connectivity index (χ1n) is 8.70. The highest BCUT2D eigenvalue weighted by molar-refractivity contribution is 5.91. The van der Waals surface area contributed by atoms with Gasteiger partial charge in [0.1, 0.15) is 6.10 Å². The van der Waals surface area contributed by atoms with Crippen molar-refractivity contribution < 1.29 is 19.4 Å². The molecule has 8 nitrogen and oxygen atoms in total. The van der Waals surface area contributed by atoms with Crippen molar-refractivity contribution in [1.29, 1.82) is 0 Å². The number of carbonyl (C=O) groups is 1. The van der Waals surface area contributed by atoms with Gasteiger partial charge in [0.2, 0.25) is 0 Å². The summed E-state index contributed by atoms with van der Waals surface area (Å²) in [5, 5.41) is 22.1. The second-order valence-electron chi connectivity index (χ2n) is 7.94. The number of fused-ring (bicyclic) bond motifs is 1. The van der Waals surface area contributed by atoms with Crippen LogP contribution in [0.25, 0.3) is 0 Å². The summed E-state index contributed by atoms with van der Waals surface area (Å²) in [6, 6.07) is 2.93. The summed E-state index contributed by atoms with van der Waals surface area (Å²) < 4.78 is 5.80. The molecule has 5 rings (SSSR count). The highest BCUT2D eigenvalue weighted by Gasteiger charge is 2.78. The van der Waals surface area contributed by atoms with Crippen LogP contribution in [-0.2, 0) is 4.74 Å². The van der Waals surface area contributed by atoms with E-state index in [2.05, 4.69) is 12.2 Å². The summed E-state index contributed by atoms with van der Waals surface area (Å²) >= 11 is 0. The minimum atomic E-state index is -0.746. The number of benzene rings is 1. The second-order valence-corrected chi connectivity index (χ2v) is 7.94. The maximum absolute atomic E-state index is 12.7. The Labute approximate surface area is 148 Å². The van der Waals surface area contributed by atoms with E-state index < -0.39 is 27.2 Å². The average molecular weight is 356 g/mol. The SMILES string of the molecule is O=C(O[C@@H]1[C@H]2C=C[C@@]13CC[C@@H]1C[C@@]13C2)c1cc([N+](=O)[O-])cc([N+](=O)[O-])c1. The summed E-state index contributed by atoms with van der Waals surface area (Å²) in [4.78, 5) is 33.2. The number of non-ortho nitro benzene ring substituents is 2. The number of esters is 1. The molecule has 0 unspecified atom stereocenters. The molecule has 1 aromatic rings. The molecule has 3 fully saturated rings. The number of carbonyl (C=O) groups excluding carboxylic acids is 1. The molecule has 26 heavy (non-hydrogen) atoms. The molecule has 8 heteroatoms. The molecule has 2 spiro atoms. The molecular formula is C18H16N2O6. The number of hydrogen-bond donors (Lipinski definition) is 0. The van der Waals surface area contributed by atoms with Crippen LogP contribution in [0, 0.1) is 42.9 Å². The fraction of sp³-hybridized carbons (Fsp3) is 0.500. The van der Waals surface area contributed by atoms with Crippen molar-refractivity contribution in [2.75, 3.05) is 0 Å². The summed E-state index contributed by atoms with van der Waals surface area (Å²) in [5.41, 5.74) is -0.961. The van der Waals surface area contributed by atoms with E-state index in [1.807, 2.05) is 0 Å². The Kier molecular flexibility index (Phi) is 2.79. The van der Waals surface area contributed by atoms with Gasteiger partial charge in [0.15, 0.2) is 0 Å². The van der Waals surface area contributed by atoms with Crippen LogP contribution in [0.3, 0.4) is 0 Å². The molecule has 3 saturated carbocycles. The molecule has 0 amide bonds. The van der Waals surface area contributed by atoms with Gasteiger partial charge in [-0.1, -0.05) is 12.2 Å². The lowest BCUT2D eigenvalue weighted by atomic mass is 9.75. The molecule has 4 aliphatic carbocycles. The predicted octanol–water partition coefficient (Wildman–Crippen LogP) is 3.40. The number of nitrogens with zero attached hydrogens (tertiary/aromatic N) is 2. The van der Waals surface area contributed by atoms with Gasteiger partial charge in [-0.3, -0.25) is 20.2 Å². The Bertz CT molecular complexity index is 879. The smallest absolute Gasteiger partial charge is 0.338 e. The minimum absolute atomic E-state index is 0.107. The zero-order valence-electron chi connectivity index (χ0n) is 13.8. The normalized spacial score (nSPS) is 37.9.